The molecule has 1 aliphatic heterocycles. The van der Waals surface area contributed by atoms with Gasteiger partial charge >= 0.3 is 0 Å². The van der Waals surface area contributed by atoms with Crippen molar-refractivity contribution in [2.75, 3.05) is 18.4 Å². The zero-order valence-electron chi connectivity index (χ0n) is 19.1. The van der Waals surface area contributed by atoms with E-state index in [0.29, 0.717) is 17.6 Å². The van der Waals surface area contributed by atoms with Crippen molar-refractivity contribution in [2.24, 2.45) is 7.05 Å². The van der Waals surface area contributed by atoms with E-state index in [0.717, 1.165) is 48.0 Å². The van der Waals surface area contributed by atoms with E-state index < -0.39 is 0 Å². The molecule has 5 rings (SSSR count). The molecule has 0 atom stereocenters. The van der Waals surface area contributed by atoms with Crippen molar-refractivity contribution in [3.05, 3.63) is 54.7 Å². The first kappa shape index (κ1) is 21.3. The third-order valence-corrected chi connectivity index (χ3v) is 6.31. The van der Waals surface area contributed by atoms with Crippen LogP contribution in [0.4, 0.5) is 5.95 Å². The normalized spacial score (nSPS) is 15.4. The number of aryl methyl sites for hydroxylation is 1. The van der Waals surface area contributed by atoms with Crippen LogP contribution in [-0.4, -0.2) is 59.5 Å². The van der Waals surface area contributed by atoms with Gasteiger partial charge in [0.1, 0.15) is 0 Å². The van der Waals surface area contributed by atoms with Gasteiger partial charge in [-0.15, -0.1) is 0 Å². The van der Waals surface area contributed by atoms with Crippen LogP contribution >= 0.6 is 0 Å². The molecule has 170 valence electrons. The summed E-state index contributed by atoms with van der Waals surface area (Å²) in [6, 6.07) is 6.85. The number of fused-ring (bicyclic) bond motifs is 1. The number of likely N-dealkylation sites (tertiary alicyclic amines) is 1. The maximum absolute atomic E-state index is 12.8. The first-order valence-corrected chi connectivity index (χ1v) is 11.3. The van der Waals surface area contributed by atoms with Gasteiger partial charge in [-0.05, 0) is 38.3 Å². The van der Waals surface area contributed by atoms with Crippen LogP contribution in [-0.2, 0) is 7.05 Å². The van der Waals surface area contributed by atoms with Crippen molar-refractivity contribution in [1.82, 2.24) is 34.4 Å². The largest absolute Gasteiger partial charge is 0.301 e. The van der Waals surface area contributed by atoms with Gasteiger partial charge in [0, 0.05) is 55.7 Å². The Bertz CT molecular complexity index is 1280. The summed E-state index contributed by atoms with van der Waals surface area (Å²) in [5.41, 5.74) is 3.29. The van der Waals surface area contributed by atoms with E-state index in [2.05, 4.69) is 44.2 Å². The lowest BCUT2D eigenvalue weighted by Gasteiger charge is -2.34. The van der Waals surface area contributed by atoms with Gasteiger partial charge in [0.2, 0.25) is 5.95 Å². The fraction of sp³-hybridized carbons (Fsp3) is 0.375. The smallest absolute Gasteiger partial charge is 0.261 e. The van der Waals surface area contributed by atoms with Gasteiger partial charge in [-0.3, -0.25) is 19.5 Å². The van der Waals surface area contributed by atoms with E-state index in [1.807, 2.05) is 48.5 Å². The number of nitrogens with one attached hydrogen (secondary N) is 1. The Labute approximate surface area is 192 Å². The van der Waals surface area contributed by atoms with Crippen molar-refractivity contribution in [2.45, 2.75) is 38.8 Å². The van der Waals surface area contributed by atoms with Crippen LogP contribution in [0.15, 0.2) is 49.2 Å². The Morgan fingerprint density at radius 3 is 2.61 bits per heavy atom. The highest BCUT2D eigenvalue weighted by atomic mass is 16.1. The molecule has 0 saturated carbocycles. The number of hydrogen-bond donors (Lipinski definition) is 1. The molecular formula is C24H28N8O. The summed E-state index contributed by atoms with van der Waals surface area (Å²) in [6.07, 6.45) is 11.0. The lowest BCUT2D eigenvalue weighted by Crippen LogP contribution is -2.39. The molecule has 1 aromatic carbocycles. The van der Waals surface area contributed by atoms with E-state index in [1.54, 1.807) is 17.1 Å². The predicted octanol–water partition coefficient (Wildman–Crippen LogP) is 3.52. The lowest BCUT2D eigenvalue weighted by molar-refractivity contribution is 0.102. The van der Waals surface area contributed by atoms with Crippen LogP contribution in [0.2, 0.25) is 0 Å². The molecule has 3 aromatic heterocycles. The number of anilines is 1. The minimum atomic E-state index is -0.261. The number of carbonyl (C=O) groups excluding carboxylic acids is 1. The highest BCUT2D eigenvalue weighted by molar-refractivity contribution is 6.03. The number of piperidine rings is 1. The van der Waals surface area contributed by atoms with Crippen LogP contribution in [0, 0.1) is 0 Å². The molecule has 0 radical (unpaired) electrons. The summed E-state index contributed by atoms with van der Waals surface area (Å²) >= 11 is 0. The second-order valence-electron chi connectivity index (χ2n) is 8.89. The predicted molar refractivity (Wildman–Crippen MR) is 127 cm³/mol. The molecule has 4 aromatic rings. The second-order valence-corrected chi connectivity index (χ2v) is 8.89. The molecular weight excluding hydrogens is 416 g/mol. The summed E-state index contributed by atoms with van der Waals surface area (Å²) in [5, 5.41) is 12.4. The van der Waals surface area contributed by atoms with Crippen LogP contribution in [0.3, 0.4) is 0 Å². The average Bonchev–Trinajstić information content (AvgIpc) is 3.48. The number of hydrogen-bond acceptors (Lipinski definition) is 6. The quantitative estimate of drug-likeness (QED) is 0.506. The molecule has 0 bridgehead atoms. The fourth-order valence-corrected chi connectivity index (χ4v) is 4.33. The molecule has 1 amide bonds. The van der Waals surface area contributed by atoms with Gasteiger partial charge in [-0.1, -0.05) is 12.1 Å². The minimum Gasteiger partial charge on any atom is -0.301 e. The summed E-state index contributed by atoms with van der Waals surface area (Å²) in [7, 11) is 1.89. The van der Waals surface area contributed by atoms with Gasteiger partial charge in [0.15, 0.2) is 0 Å². The summed E-state index contributed by atoms with van der Waals surface area (Å²) in [4.78, 5) is 24.2. The van der Waals surface area contributed by atoms with Gasteiger partial charge < -0.3 is 4.90 Å². The van der Waals surface area contributed by atoms with Gasteiger partial charge in [0.05, 0.1) is 29.5 Å². The first-order chi connectivity index (χ1) is 16.0. The van der Waals surface area contributed by atoms with E-state index in [9.17, 15) is 4.79 Å². The van der Waals surface area contributed by atoms with Crippen LogP contribution in [0.25, 0.3) is 22.0 Å². The molecule has 9 nitrogen and oxygen atoms in total. The highest BCUT2D eigenvalue weighted by Crippen LogP contribution is 2.25. The Balaban J connectivity index is 1.29. The molecule has 0 aliphatic carbocycles. The van der Waals surface area contributed by atoms with Crippen molar-refractivity contribution in [1.29, 1.82) is 0 Å². The van der Waals surface area contributed by atoms with Crippen LogP contribution in [0.1, 0.15) is 43.1 Å². The molecule has 1 aliphatic rings. The number of carbonyl (C=O) groups is 1. The third kappa shape index (κ3) is 4.49. The SMILES string of the molecule is CC(C)N1CCC(n2cc(C(=O)Nc3ncc4ccc(-c5cnn(C)c5)cc4n3)cn2)CC1. The van der Waals surface area contributed by atoms with Crippen molar-refractivity contribution >= 4 is 22.8 Å². The fourth-order valence-electron chi connectivity index (χ4n) is 4.33. The number of benzene rings is 1. The van der Waals surface area contributed by atoms with Crippen molar-refractivity contribution < 1.29 is 4.79 Å². The van der Waals surface area contributed by atoms with E-state index >= 15 is 0 Å². The topological polar surface area (TPSA) is 93.8 Å². The second kappa shape index (κ2) is 8.74. The number of amides is 1. The van der Waals surface area contributed by atoms with E-state index in [4.69, 9.17) is 0 Å². The number of nitrogens with zero attached hydrogens (tertiary/aromatic N) is 7. The summed E-state index contributed by atoms with van der Waals surface area (Å²) in [6.45, 7) is 6.56. The summed E-state index contributed by atoms with van der Waals surface area (Å²) < 4.78 is 3.69. The van der Waals surface area contributed by atoms with Gasteiger partial charge in [-0.2, -0.15) is 10.2 Å². The molecule has 0 spiro atoms. The standard InChI is InChI=1S/C24H28N8O/c1-16(2)31-8-6-21(7-9-31)32-15-20(13-27-32)23(33)29-24-25-11-18-5-4-17(10-22(18)28-24)19-12-26-30(3)14-19/h4-5,10-16,21H,6-9H2,1-3H3,(H,25,28,29,33). The molecule has 4 heterocycles. The third-order valence-electron chi connectivity index (χ3n) is 6.31. The minimum absolute atomic E-state index is 0.261. The van der Waals surface area contributed by atoms with E-state index in [1.165, 1.54) is 0 Å². The molecule has 1 fully saturated rings. The molecule has 1 saturated heterocycles. The van der Waals surface area contributed by atoms with Crippen LogP contribution < -0.4 is 5.32 Å². The monoisotopic (exact) mass is 444 g/mol. The maximum Gasteiger partial charge on any atom is 0.261 e. The van der Waals surface area contributed by atoms with Crippen molar-refractivity contribution in [3.63, 3.8) is 0 Å². The average molecular weight is 445 g/mol. The van der Waals surface area contributed by atoms with Gasteiger partial charge in [-0.25, -0.2) is 9.97 Å². The first-order valence-electron chi connectivity index (χ1n) is 11.3. The summed E-state index contributed by atoms with van der Waals surface area (Å²) in [5.74, 6) is 0.0115. The van der Waals surface area contributed by atoms with Crippen LogP contribution in [0.5, 0.6) is 0 Å². The molecule has 0 unspecified atom stereocenters. The molecule has 1 N–H and O–H groups in total. The Kier molecular flexibility index (Phi) is 5.63. The van der Waals surface area contributed by atoms with Gasteiger partial charge in [0.25, 0.3) is 5.91 Å². The maximum atomic E-state index is 12.8. The number of rotatable bonds is 5. The zero-order valence-corrected chi connectivity index (χ0v) is 19.1. The molecule has 33 heavy (non-hydrogen) atoms. The number of aromatic nitrogens is 6. The Morgan fingerprint density at radius 2 is 1.88 bits per heavy atom. The Hall–Kier alpha value is -3.59. The van der Waals surface area contributed by atoms with E-state index in [-0.39, 0.29) is 11.9 Å². The highest BCUT2D eigenvalue weighted by Gasteiger charge is 2.23. The van der Waals surface area contributed by atoms with Crippen molar-refractivity contribution in [3.8, 4) is 11.1 Å². The zero-order chi connectivity index (χ0) is 22.9. The lowest BCUT2D eigenvalue weighted by atomic mass is 10.0. The molecule has 9 heteroatoms. The Morgan fingerprint density at radius 1 is 1.06 bits per heavy atom.